The van der Waals surface area contributed by atoms with E-state index in [1.54, 1.807) is 21.0 Å². The number of hydrogen-bond acceptors (Lipinski definition) is 7. The molecule has 0 saturated heterocycles. The van der Waals surface area contributed by atoms with Crippen molar-refractivity contribution in [2.75, 3.05) is 13.7 Å². The second-order valence-electron chi connectivity index (χ2n) is 9.40. The van der Waals surface area contributed by atoms with Crippen LogP contribution in [0.2, 0.25) is 0 Å². The number of Topliss-reactive ketones (excluding diaryl/α,β-unsaturated/α-hetero) is 1. The first-order chi connectivity index (χ1) is 15.4. The fourth-order valence-electron chi connectivity index (χ4n) is 4.94. The van der Waals surface area contributed by atoms with Crippen LogP contribution in [0.1, 0.15) is 95.8 Å². The predicted molar refractivity (Wildman–Crippen MR) is 123 cm³/mol. The summed E-state index contributed by atoms with van der Waals surface area (Å²) in [6, 6.07) is 4.12. The first kappa shape index (κ1) is 28.5. The van der Waals surface area contributed by atoms with Gasteiger partial charge in [-0.3, -0.25) is 9.59 Å². The average molecular weight is 463 g/mol. The van der Waals surface area contributed by atoms with Gasteiger partial charge in [-0.15, -0.1) is 0 Å². The molecule has 1 aliphatic carbocycles. The van der Waals surface area contributed by atoms with Crippen molar-refractivity contribution < 1.29 is 33.8 Å². The molecule has 0 aliphatic heterocycles. The van der Waals surface area contributed by atoms with Crippen LogP contribution in [0.25, 0.3) is 0 Å². The highest BCUT2D eigenvalue weighted by atomic mass is 16.5. The predicted octanol–water partition coefficient (Wildman–Crippen LogP) is 4.37. The molecule has 1 fully saturated rings. The second kappa shape index (κ2) is 12.1. The van der Waals surface area contributed by atoms with Crippen LogP contribution in [0.5, 0.6) is 5.75 Å². The maximum absolute atomic E-state index is 13.0. The third-order valence-corrected chi connectivity index (χ3v) is 6.39. The summed E-state index contributed by atoms with van der Waals surface area (Å²) >= 11 is 0. The Morgan fingerprint density at radius 3 is 2.00 bits per heavy atom. The third kappa shape index (κ3) is 6.30. The molecular weight excluding hydrogens is 424 g/mol. The van der Waals surface area contributed by atoms with Gasteiger partial charge in [0.05, 0.1) is 25.2 Å². The molecule has 184 valence electrons. The lowest BCUT2D eigenvalue weighted by atomic mass is 9.60. The molecule has 0 amide bonds. The number of ketones is 1. The quantitative estimate of drug-likeness (QED) is 0.600. The van der Waals surface area contributed by atoms with Gasteiger partial charge in [0.15, 0.2) is 0 Å². The van der Waals surface area contributed by atoms with E-state index in [1.807, 2.05) is 6.92 Å². The molecule has 0 heterocycles. The van der Waals surface area contributed by atoms with E-state index in [2.05, 4.69) is 39.8 Å². The highest BCUT2D eigenvalue weighted by molar-refractivity contribution is 5.88. The minimum atomic E-state index is -1.45. The van der Waals surface area contributed by atoms with Crippen molar-refractivity contribution in [2.24, 2.45) is 11.8 Å². The second-order valence-corrected chi connectivity index (χ2v) is 9.40. The number of benzene rings is 1. The van der Waals surface area contributed by atoms with Crippen molar-refractivity contribution >= 4 is 17.9 Å². The number of ether oxygens (including phenoxy) is 2. The molecule has 0 radical (unpaired) electrons. The van der Waals surface area contributed by atoms with Gasteiger partial charge in [-0.25, -0.2) is 0 Å². The first-order valence-corrected chi connectivity index (χ1v) is 11.5. The highest BCUT2D eigenvalue weighted by Gasteiger charge is 2.54. The van der Waals surface area contributed by atoms with Crippen molar-refractivity contribution in [2.45, 2.75) is 84.7 Å². The zero-order valence-corrected chi connectivity index (χ0v) is 21.1. The molecule has 33 heavy (non-hydrogen) atoms. The third-order valence-electron chi connectivity index (χ3n) is 6.39. The molecule has 4 unspecified atom stereocenters. The van der Waals surface area contributed by atoms with Crippen molar-refractivity contribution in [1.82, 2.24) is 0 Å². The van der Waals surface area contributed by atoms with E-state index < -0.39 is 23.4 Å². The Balaban J connectivity index is 0.00000172. The monoisotopic (exact) mass is 462 g/mol. The van der Waals surface area contributed by atoms with E-state index in [1.165, 1.54) is 0 Å². The van der Waals surface area contributed by atoms with Crippen LogP contribution >= 0.6 is 0 Å². The van der Waals surface area contributed by atoms with Gasteiger partial charge in [-0.1, -0.05) is 46.8 Å². The van der Waals surface area contributed by atoms with E-state index in [9.17, 15) is 14.7 Å². The summed E-state index contributed by atoms with van der Waals surface area (Å²) in [6.45, 7) is 14.0. The van der Waals surface area contributed by atoms with E-state index in [0.29, 0.717) is 6.42 Å². The van der Waals surface area contributed by atoms with Crippen molar-refractivity contribution in [1.29, 1.82) is 0 Å². The Hall–Kier alpha value is -2.50. The number of carbonyl (C=O) groups excluding carboxylic acids is 4. The molecule has 0 aromatic heterocycles. The van der Waals surface area contributed by atoms with E-state index >= 15 is 0 Å². The maximum atomic E-state index is 13.0. The molecule has 1 aromatic rings. The molecular formula is C26H38O7. The summed E-state index contributed by atoms with van der Waals surface area (Å²) in [4.78, 5) is 42.2. The Morgan fingerprint density at radius 1 is 1.15 bits per heavy atom. The van der Waals surface area contributed by atoms with Crippen LogP contribution in [-0.2, 0) is 23.9 Å². The molecule has 0 bridgehead atoms. The van der Waals surface area contributed by atoms with Gasteiger partial charge in [-0.05, 0) is 48.8 Å². The molecule has 7 nitrogen and oxygen atoms in total. The summed E-state index contributed by atoms with van der Waals surface area (Å²) in [6.07, 6.45) is 0.825. The normalized spacial score (nSPS) is 24.7. The van der Waals surface area contributed by atoms with Gasteiger partial charge in [0.2, 0.25) is 0 Å². The van der Waals surface area contributed by atoms with Gasteiger partial charge >= 0.3 is 12.1 Å². The molecule has 7 heteroatoms. The molecule has 1 aromatic carbocycles. The maximum Gasteiger partial charge on any atom is 0.373 e. The number of rotatable bonds is 7. The van der Waals surface area contributed by atoms with Crippen LogP contribution in [0.3, 0.4) is 0 Å². The van der Waals surface area contributed by atoms with Crippen LogP contribution in [0.4, 0.5) is 0 Å². The van der Waals surface area contributed by atoms with E-state index in [4.69, 9.17) is 19.1 Å². The van der Waals surface area contributed by atoms with E-state index in [-0.39, 0.29) is 42.7 Å². The van der Waals surface area contributed by atoms with Crippen LogP contribution < -0.4 is 4.74 Å². The lowest BCUT2D eigenvalue weighted by Gasteiger charge is -2.44. The molecule has 1 saturated carbocycles. The van der Waals surface area contributed by atoms with Crippen molar-refractivity contribution in [3.8, 4) is 5.75 Å². The number of hydrogen-bond donors (Lipinski definition) is 1. The van der Waals surface area contributed by atoms with Gasteiger partial charge in [0.25, 0.3) is 0 Å². The van der Waals surface area contributed by atoms with E-state index in [0.717, 1.165) is 22.4 Å². The molecule has 2 rings (SSSR count). The smallest absolute Gasteiger partial charge is 0.373 e. The zero-order chi connectivity index (χ0) is 25.5. The molecule has 1 N–H and O–H groups in total. The van der Waals surface area contributed by atoms with Crippen LogP contribution in [-0.4, -0.2) is 42.3 Å². The Morgan fingerprint density at radius 2 is 1.64 bits per heavy atom. The topological polar surface area (TPSA) is 107 Å². The van der Waals surface area contributed by atoms with Gasteiger partial charge in [0, 0.05) is 18.3 Å². The highest BCUT2D eigenvalue weighted by Crippen LogP contribution is 2.49. The Labute approximate surface area is 196 Å². The summed E-state index contributed by atoms with van der Waals surface area (Å²) in [5.41, 5.74) is 1.55. The fraction of sp³-hybridized carbons (Fsp3) is 0.654. The van der Waals surface area contributed by atoms with Gasteiger partial charge < -0.3 is 14.6 Å². The molecule has 1 aliphatic rings. The summed E-state index contributed by atoms with van der Waals surface area (Å²) in [5, 5.41) is 11.2. The average Bonchev–Trinajstić information content (AvgIpc) is 2.72. The number of aliphatic hydroxyl groups is 1. The first-order valence-electron chi connectivity index (χ1n) is 11.5. The summed E-state index contributed by atoms with van der Waals surface area (Å²) < 4.78 is 11.1. The van der Waals surface area contributed by atoms with Crippen LogP contribution in [0.15, 0.2) is 12.1 Å². The number of carbonyl (C=O) groups is 2. The standard InChI is InChI=1S/C25H38O5.CO2/c1-9-17-20(26)13-25(7,28)22(24(27)30-10-2)21(17)16-11-18(14(3)4)23(29-8)19(12-16)15(5)6;2-1-3/h11-12,14-15,17,21-22,28H,9-10,13H2,1-8H3;. The molecule has 0 spiro atoms. The molecule has 4 atom stereocenters. The largest absolute Gasteiger partial charge is 0.496 e. The lowest BCUT2D eigenvalue weighted by molar-refractivity contribution is -0.191. The Kier molecular flexibility index (Phi) is 10.5. The summed E-state index contributed by atoms with van der Waals surface area (Å²) in [5.74, 6) is -0.740. The minimum absolute atomic E-state index is 0.000982. The van der Waals surface area contributed by atoms with Gasteiger partial charge in [-0.2, -0.15) is 9.59 Å². The van der Waals surface area contributed by atoms with Crippen molar-refractivity contribution in [3.05, 3.63) is 28.8 Å². The number of methoxy groups -OCH3 is 1. The lowest BCUT2D eigenvalue weighted by Crippen LogP contribution is -2.53. The van der Waals surface area contributed by atoms with Gasteiger partial charge in [0.1, 0.15) is 11.5 Å². The summed E-state index contributed by atoms with van der Waals surface area (Å²) in [7, 11) is 1.68. The Bertz CT molecular complexity index is 834. The minimum Gasteiger partial charge on any atom is -0.496 e. The fourth-order valence-corrected chi connectivity index (χ4v) is 4.94. The van der Waals surface area contributed by atoms with Crippen LogP contribution in [0, 0.1) is 11.8 Å². The SMILES string of the molecule is CCOC(=O)C1C(c2cc(C(C)C)c(OC)c(C(C)C)c2)C(CC)C(=O)CC1(C)O.O=C=O. The van der Waals surface area contributed by atoms with Crippen molar-refractivity contribution in [3.63, 3.8) is 0 Å². The zero-order valence-electron chi connectivity index (χ0n) is 21.1. The number of esters is 1.